The monoisotopic (exact) mass is 346 g/mol. The van der Waals surface area contributed by atoms with Crippen molar-refractivity contribution in [2.24, 2.45) is 0 Å². The van der Waals surface area contributed by atoms with Gasteiger partial charge in [0, 0.05) is 5.69 Å². The Labute approximate surface area is 148 Å². The van der Waals surface area contributed by atoms with E-state index in [2.05, 4.69) is 5.32 Å². The Kier molecular flexibility index (Phi) is 6.64. The number of amides is 1. The summed E-state index contributed by atoms with van der Waals surface area (Å²) in [6, 6.07) is 15.0. The zero-order chi connectivity index (χ0) is 17.5. The van der Waals surface area contributed by atoms with Crippen LogP contribution < -0.4 is 10.2 Å². The molecule has 0 bridgehead atoms. The number of nitrogens with one attached hydrogen (secondary N) is 1. The Morgan fingerprint density at radius 3 is 2.50 bits per heavy atom. The molecule has 0 aliphatic carbocycles. The zero-order valence-electron chi connectivity index (χ0n) is 14.0. The maximum atomic E-state index is 12.5. The van der Waals surface area contributed by atoms with E-state index in [-0.39, 0.29) is 25.1 Å². The fraction of sp³-hybridized carbons (Fsp3) is 0.316. The molecular formula is C19H23ClN2O2. The number of nitrogens with zero attached hydrogens (tertiary/aromatic N) is 1. The lowest BCUT2D eigenvalue weighted by Gasteiger charge is -2.31. The molecule has 4 nitrogen and oxygen atoms in total. The summed E-state index contributed by atoms with van der Waals surface area (Å²) in [6.45, 7) is 4.03. The van der Waals surface area contributed by atoms with Gasteiger partial charge in [0.25, 0.3) is 0 Å². The largest absolute Gasteiger partial charge is 0.394 e. The van der Waals surface area contributed by atoms with Gasteiger partial charge < -0.3 is 15.3 Å². The molecule has 128 valence electrons. The van der Waals surface area contributed by atoms with Gasteiger partial charge >= 0.3 is 0 Å². The quantitative estimate of drug-likeness (QED) is 0.800. The van der Waals surface area contributed by atoms with Crippen LogP contribution in [0.25, 0.3) is 0 Å². The van der Waals surface area contributed by atoms with Gasteiger partial charge in [-0.1, -0.05) is 48.9 Å². The Bertz CT molecular complexity index is 652. The number of aryl methyl sites for hydroxylation is 1. The van der Waals surface area contributed by atoms with Crippen LogP contribution in [-0.2, 0) is 4.79 Å². The third-order valence-electron chi connectivity index (χ3n) is 4.01. The summed E-state index contributed by atoms with van der Waals surface area (Å²) in [6.07, 6.45) is 0.740. The molecule has 0 aliphatic rings. The summed E-state index contributed by atoms with van der Waals surface area (Å²) in [5, 5.41) is 13.1. The van der Waals surface area contributed by atoms with Gasteiger partial charge in [0.1, 0.15) is 0 Å². The van der Waals surface area contributed by atoms with Crippen molar-refractivity contribution in [1.82, 2.24) is 0 Å². The lowest BCUT2D eigenvalue weighted by atomic mass is 10.1. The molecule has 0 saturated heterocycles. The fourth-order valence-corrected chi connectivity index (χ4v) is 2.89. The molecule has 0 heterocycles. The molecule has 5 heteroatoms. The smallest absolute Gasteiger partial charge is 0.243 e. The third-order valence-corrected chi connectivity index (χ3v) is 4.33. The van der Waals surface area contributed by atoms with Crippen molar-refractivity contribution in [3.05, 3.63) is 59.1 Å². The maximum absolute atomic E-state index is 12.5. The summed E-state index contributed by atoms with van der Waals surface area (Å²) in [4.78, 5) is 14.5. The number of halogens is 1. The van der Waals surface area contributed by atoms with Crippen molar-refractivity contribution in [2.45, 2.75) is 26.3 Å². The first-order valence-electron chi connectivity index (χ1n) is 8.04. The second-order valence-electron chi connectivity index (χ2n) is 5.69. The Morgan fingerprint density at radius 1 is 1.21 bits per heavy atom. The number of rotatable bonds is 7. The highest BCUT2D eigenvalue weighted by Crippen LogP contribution is 2.25. The van der Waals surface area contributed by atoms with Crippen LogP contribution in [0.2, 0.25) is 5.02 Å². The van der Waals surface area contributed by atoms with Crippen molar-refractivity contribution in [3.63, 3.8) is 0 Å². The summed E-state index contributed by atoms with van der Waals surface area (Å²) >= 11 is 6.18. The van der Waals surface area contributed by atoms with Crippen molar-refractivity contribution in [2.75, 3.05) is 23.4 Å². The van der Waals surface area contributed by atoms with Crippen LogP contribution in [0.15, 0.2) is 48.5 Å². The van der Waals surface area contributed by atoms with Crippen LogP contribution >= 0.6 is 11.6 Å². The zero-order valence-corrected chi connectivity index (χ0v) is 14.8. The molecule has 1 amide bonds. The van der Waals surface area contributed by atoms with Crippen LogP contribution in [0.4, 0.5) is 11.4 Å². The highest BCUT2D eigenvalue weighted by Gasteiger charge is 2.20. The predicted octanol–water partition coefficient (Wildman–Crippen LogP) is 3.86. The Balaban J connectivity index is 2.18. The molecule has 24 heavy (non-hydrogen) atoms. The lowest BCUT2D eigenvalue weighted by Crippen LogP contribution is -2.42. The van der Waals surface area contributed by atoms with E-state index >= 15 is 0 Å². The molecule has 0 aliphatic heterocycles. The molecule has 0 fully saturated rings. The SMILES string of the molecule is CCC(CO)N(CC(=O)Nc1c(C)cccc1Cl)c1ccccc1. The van der Waals surface area contributed by atoms with Crippen LogP contribution in [0.5, 0.6) is 0 Å². The Morgan fingerprint density at radius 2 is 1.92 bits per heavy atom. The number of hydrogen-bond donors (Lipinski definition) is 2. The van der Waals surface area contributed by atoms with Gasteiger partial charge in [-0.3, -0.25) is 4.79 Å². The minimum absolute atomic E-state index is 0.0101. The Hall–Kier alpha value is -2.04. The fourth-order valence-electron chi connectivity index (χ4n) is 2.62. The molecule has 0 saturated carbocycles. The van der Waals surface area contributed by atoms with Crippen LogP contribution in [-0.4, -0.2) is 30.2 Å². The van der Waals surface area contributed by atoms with Gasteiger partial charge in [-0.05, 0) is 37.1 Å². The second-order valence-corrected chi connectivity index (χ2v) is 6.10. The average Bonchev–Trinajstić information content (AvgIpc) is 2.59. The predicted molar refractivity (Wildman–Crippen MR) is 99.8 cm³/mol. The first-order chi connectivity index (χ1) is 11.6. The first-order valence-corrected chi connectivity index (χ1v) is 8.42. The van der Waals surface area contributed by atoms with Gasteiger partial charge in [-0.25, -0.2) is 0 Å². The molecule has 2 rings (SSSR count). The maximum Gasteiger partial charge on any atom is 0.243 e. The number of carbonyl (C=O) groups is 1. The number of para-hydroxylation sites is 2. The van der Waals surface area contributed by atoms with Crippen molar-refractivity contribution >= 4 is 28.9 Å². The van der Waals surface area contributed by atoms with Crippen LogP contribution in [0.3, 0.4) is 0 Å². The summed E-state index contributed by atoms with van der Waals surface area (Å²) in [7, 11) is 0. The van der Waals surface area contributed by atoms with Crippen molar-refractivity contribution < 1.29 is 9.90 Å². The van der Waals surface area contributed by atoms with Gasteiger partial charge in [0.2, 0.25) is 5.91 Å². The standard InChI is InChI=1S/C19H23ClN2O2/c1-3-15(13-23)22(16-9-5-4-6-10-16)12-18(24)21-19-14(2)8-7-11-17(19)20/h4-11,15,23H,3,12-13H2,1-2H3,(H,21,24). The number of carbonyl (C=O) groups excluding carboxylic acids is 1. The van der Waals surface area contributed by atoms with E-state index in [0.717, 1.165) is 17.7 Å². The minimum Gasteiger partial charge on any atom is -0.394 e. The van der Waals surface area contributed by atoms with E-state index in [1.54, 1.807) is 6.07 Å². The number of hydrogen-bond acceptors (Lipinski definition) is 3. The molecule has 2 N–H and O–H groups in total. The van der Waals surface area contributed by atoms with E-state index < -0.39 is 0 Å². The first kappa shape index (κ1) is 18.3. The summed E-state index contributed by atoms with van der Waals surface area (Å²) in [5.41, 5.74) is 2.45. The lowest BCUT2D eigenvalue weighted by molar-refractivity contribution is -0.115. The molecule has 0 radical (unpaired) electrons. The van der Waals surface area contributed by atoms with Gasteiger partial charge in [0.15, 0.2) is 0 Å². The van der Waals surface area contributed by atoms with Crippen LogP contribution in [0.1, 0.15) is 18.9 Å². The topological polar surface area (TPSA) is 52.6 Å². The van der Waals surface area contributed by atoms with Gasteiger partial charge in [-0.2, -0.15) is 0 Å². The summed E-state index contributed by atoms with van der Waals surface area (Å²) in [5.74, 6) is -0.165. The van der Waals surface area contributed by atoms with E-state index in [9.17, 15) is 9.90 Å². The molecular weight excluding hydrogens is 324 g/mol. The number of aliphatic hydroxyl groups excluding tert-OH is 1. The number of aliphatic hydroxyl groups is 1. The highest BCUT2D eigenvalue weighted by atomic mass is 35.5. The van der Waals surface area contributed by atoms with Crippen LogP contribution in [0, 0.1) is 6.92 Å². The molecule has 2 aromatic rings. The molecule has 0 spiro atoms. The van der Waals surface area contributed by atoms with Gasteiger partial charge in [0.05, 0.1) is 29.9 Å². The van der Waals surface area contributed by atoms with E-state index in [1.807, 2.05) is 61.2 Å². The normalized spacial score (nSPS) is 11.8. The second kappa shape index (κ2) is 8.71. The molecule has 2 aromatic carbocycles. The van der Waals surface area contributed by atoms with E-state index in [1.165, 1.54) is 0 Å². The van der Waals surface area contributed by atoms with Gasteiger partial charge in [-0.15, -0.1) is 0 Å². The highest BCUT2D eigenvalue weighted by molar-refractivity contribution is 6.34. The molecule has 0 aromatic heterocycles. The van der Waals surface area contributed by atoms with Crippen molar-refractivity contribution in [1.29, 1.82) is 0 Å². The number of anilines is 2. The molecule has 1 unspecified atom stereocenters. The molecule has 1 atom stereocenters. The average molecular weight is 347 g/mol. The van der Waals surface area contributed by atoms with E-state index in [4.69, 9.17) is 11.6 Å². The van der Waals surface area contributed by atoms with Crippen molar-refractivity contribution in [3.8, 4) is 0 Å². The van der Waals surface area contributed by atoms with E-state index in [0.29, 0.717) is 10.7 Å². The third kappa shape index (κ3) is 4.49. The summed E-state index contributed by atoms with van der Waals surface area (Å²) < 4.78 is 0. The number of benzene rings is 2. The minimum atomic E-state index is -0.165.